The lowest BCUT2D eigenvalue weighted by Gasteiger charge is -2.33. The van der Waals surface area contributed by atoms with Gasteiger partial charge in [-0.3, -0.25) is 13.9 Å². The summed E-state index contributed by atoms with van der Waals surface area (Å²) in [6.45, 7) is 0. The molecule has 1 aliphatic carbocycles. The minimum Gasteiger partial charge on any atom is -0.455 e. The number of nitrogens with zero attached hydrogens (tertiary/aromatic N) is 2. The van der Waals surface area contributed by atoms with Gasteiger partial charge >= 0.3 is 7.44 Å². The third-order valence-corrected chi connectivity index (χ3v) is 14.7. The van der Waals surface area contributed by atoms with E-state index in [0.717, 1.165) is 72.2 Å². The summed E-state index contributed by atoms with van der Waals surface area (Å²) in [5, 5.41) is 5.41. The normalized spacial score (nSPS) is 15.4. The fourth-order valence-corrected chi connectivity index (χ4v) is 12.3. The molecule has 0 amide bonds. The molecule has 10 aromatic rings. The van der Waals surface area contributed by atoms with Gasteiger partial charge in [0.15, 0.2) is 0 Å². The maximum Gasteiger partial charge on any atom is 0.301 e. The van der Waals surface area contributed by atoms with Gasteiger partial charge in [-0.1, -0.05) is 152 Å². The second kappa shape index (κ2) is 12.2. The Balaban J connectivity index is 1.06. The number of benzene rings is 9. The Kier molecular flexibility index (Phi) is 6.87. The fourth-order valence-electron chi connectivity index (χ4n) is 9.31. The molecule has 0 spiro atoms. The summed E-state index contributed by atoms with van der Waals surface area (Å²) in [4.78, 5) is 0. The van der Waals surface area contributed by atoms with Crippen molar-refractivity contribution in [2.45, 2.75) is 0 Å². The van der Waals surface area contributed by atoms with Crippen LogP contribution in [0.15, 0.2) is 205 Å². The first-order valence-electron chi connectivity index (χ1n) is 19.3. The van der Waals surface area contributed by atoms with Crippen molar-refractivity contribution in [3.63, 3.8) is 0 Å². The predicted molar refractivity (Wildman–Crippen MR) is 237 cm³/mol. The van der Waals surface area contributed by atoms with Gasteiger partial charge in [-0.15, -0.1) is 0 Å². The summed E-state index contributed by atoms with van der Waals surface area (Å²) in [6.07, 6.45) is 0. The monoisotopic (exact) mass is 748 g/mol. The average molecular weight is 749 g/mol. The van der Waals surface area contributed by atoms with Gasteiger partial charge in [0.25, 0.3) is 0 Å². The van der Waals surface area contributed by atoms with Gasteiger partial charge in [-0.2, -0.15) is 0 Å². The highest BCUT2D eigenvalue weighted by Crippen LogP contribution is 2.70. The third-order valence-electron chi connectivity index (χ3n) is 11.7. The Morgan fingerprint density at radius 3 is 1.53 bits per heavy atom. The number of anilines is 4. The Morgan fingerprint density at radius 1 is 0.368 bits per heavy atom. The van der Waals surface area contributed by atoms with Crippen LogP contribution < -0.4 is 14.6 Å². The van der Waals surface area contributed by atoms with E-state index in [9.17, 15) is 0 Å². The summed E-state index contributed by atoms with van der Waals surface area (Å²) in [7, 11) is -3.49. The highest BCUT2D eigenvalue weighted by molar-refractivity contribution is 7.76. The minimum atomic E-state index is -3.49. The molecule has 2 aliphatic rings. The zero-order chi connectivity index (χ0) is 37.7. The van der Waals surface area contributed by atoms with Gasteiger partial charge in [0.2, 0.25) is 0 Å². The summed E-state index contributed by atoms with van der Waals surface area (Å²) in [5.74, 6) is 0. The molecule has 0 N–H and O–H groups in total. The van der Waals surface area contributed by atoms with E-state index in [1.54, 1.807) is 0 Å². The maximum absolute atomic E-state index is 16.1. The van der Waals surface area contributed by atoms with Crippen molar-refractivity contribution >= 4 is 68.2 Å². The molecular formula is C52H33N2O2P. The molecule has 57 heavy (non-hydrogen) atoms. The van der Waals surface area contributed by atoms with Crippen LogP contribution in [0.3, 0.4) is 0 Å². The van der Waals surface area contributed by atoms with E-state index >= 15 is 4.57 Å². The van der Waals surface area contributed by atoms with Crippen molar-refractivity contribution in [2.24, 2.45) is 0 Å². The van der Waals surface area contributed by atoms with Crippen LogP contribution in [-0.4, -0.2) is 0 Å². The van der Waals surface area contributed by atoms with Crippen molar-refractivity contribution in [3.8, 4) is 44.5 Å². The van der Waals surface area contributed by atoms with Gasteiger partial charge in [0.05, 0.1) is 16.7 Å². The van der Waals surface area contributed by atoms with Gasteiger partial charge in [-0.05, 0) is 92.7 Å². The second-order valence-corrected chi connectivity index (χ2v) is 17.2. The average Bonchev–Trinajstić information content (AvgIpc) is 3.91. The molecule has 1 unspecified atom stereocenters. The van der Waals surface area contributed by atoms with Gasteiger partial charge in [0.1, 0.15) is 11.2 Å². The molecule has 0 bridgehead atoms. The van der Waals surface area contributed by atoms with E-state index in [1.807, 2.05) is 95.7 Å². The highest BCUT2D eigenvalue weighted by atomic mass is 31.2. The number of rotatable bonds is 5. The van der Waals surface area contributed by atoms with Crippen LogP contribution >= 0.6 is 7.44 Å². The van der Waals surface area contributed by atoms with Crippen LogP contribution in [0.2, 0.25) is 0 Å². The van der Waals surface area contributed by atoms with E-state index in [1.165, 1.54) is 33.0 Å². The van der Waals surface area contributed by atoms with E-state index in [0.29, 0.717) is 0 Å². The van der Waals surface area contributed by atoms with E-state index in [-0.39, 0.29) is 0 Å². The molecule has 2 heterocycles. The number of hydrogen-bond acceptors (Lipinski definition) is 2. The molecule has 1 atom stereocenters. The van der Waals surface area contributed by atoms with Gasteiger partial charge in [-0.25, -0.2) is 0 Å². The number of para-hydroxylation sites is 4. The Labute approximate surface area is 330 Å². The SMILES string of the molecule is O=P1(c2ccccc2)N(c2ccccc2)c2ccc(-c3cccc4c3oc3c(-c5ccc6c7c(cccc57)-c5ccccc5-6)cccc34)cc2N1c1ccccc1. The number of hydrogen-bond donors (Lipinski definition) is 0. The van der Waals surface area contributed by atoms with Crippen molar-refractivity contribution in [1.82, 2.24) is 0 Å². The van der Waals surface area contributed by atoms with E-state index < -0.39 is 7.44 Å². The molecule has 0 saturated heterocycles. The lowest BCUT2D eigenvalue weighted by atomic mass is 9.93. The van der Waals surface area contributed by atoms with E-state index in [2.05, 4.69) is 114 Å². The largest absolute Gasteiger partial charge is 0.455 e. The summed E-state index contributed by atoms with van der Waals surface area (Å²) < 4.78 is 27.3. The quantitative estimate of drug-likeness (QED) is 0.164. The summed E-state index contributed by atoms with van der Waals surface area (Å²) >= 11 is 0. The molecule has 12 rings (SSSR count). The van der Waals surface area contributed by atoms with Crippen molar-refractivity contribution < 1.29 is 8.98 Å². The molecular weight excluding hydrogens is 716 g/mol. The van der Waals surface area contributed by atoms with Crippen molar-refractivity contribution in [2.75, 3.05) is 9.34 Å². The van der Waals surface area contributed by atoms with Gasteiger partial charge < -0.3 is 4.42 Å². The molecule has 0 saturated carbocycles. The van der Waals surface area contributed by atoms with Crippen LogP contribution in [0.5, 0.6) is 0 Å². The maximum atomic E-state index is 16.1. The molecule has 1 aromatic heterocycles. The molecule has 1 aliphatic heterocycles. The standard InChI is InChI=1S/C52H33N2O2P/c55-57(37-19-8-3-9-20-37)53(35-15-4-1-5-16-35)48-32-29-34(33-49(48)54(57)36-17-6-2-7-18-36)38-23-12-27-46-47-28-14-26-45(52(47)56-51(38)46)41-30-31-44-40-22-11-10-21-39(40)42-24-13-25-43(41)50(42)44/h1-33H. The molecule has 0 radical (unpaired) electrons. The van der Waals surface area contributed by atoms with Crippen molar-refractivity contribution in [1.29, 1.82) is 0 Å². The first kappa shape index (κ1) is 32.1. The minimum absolute atomic E-state index is 0.759. The second-order valence-electron chi connectivity index (χ2n) is 14.8. The molecule has 0 fully saturated rings. The lowest BCUT2D eigenvalue weighted by Crippen LogP contribution is -2.26. The zero-order valence-electron chi connectivity index (χ0n) is 30.7. The fraction of sp³-hybridized carbons (Fsp3) is 0. The van der Waals surface area contributed by atoms with Crippen LogP contribution in [0.4, 0.5) is 22.7 Å². The summed E-state index contributed by atoms with van der Waals surface area (Å²) in [6, 6.07) is 69.3. The molecule has 268 valence electrons. The van der Waals surface area contributed by atoms with Crippen LogP contribution in [-0.2, 0) is 4.57 Å². The first-order chi connectivity index (χ1) is 28.2. The topological polar surface area (TPSA) is 36.7 Å². The van der Waals surface area contributed by atoms with Crippen LogP contribution in [0, 0.1) is 0 Å². The summed E-state index contributed by atoms with van der Waals surface area (Å²) in [5.41, 5.74) is 14.5. The Morgan fingerprint density at radius 2 is 0.860 bits per heavy atom. The number of furan rings is 1. The molecule has 4 nitrogen and oxygen atoms in total. The zero-order valence-corrected chi connectivity index (χ0v) is 31.6. The van der Waals surface area contributed by atoms with Crippen molar-refractivity contribution in [3.05, 3.63) is 200 Å². The smallest absolute Gasteiger partial charge is 0.301 e. The third kappa shape index (κ3) is 4.53. The van der Waals surface area contributed by atoms with Gasteiger partial charge in [0, 0.05) is 33.3 Å². The first-order valence-corrected chi connectivity index (χ1v) is 20.9. The molecule has 5 heteroatoms. The highest BCUT2D eigenvalue weighted by Gasteiger charge is 2.49. The Bertz CT molecular complexity index is 3260. The lowest BCUT2D eigenvalue weighted by molar-refractivity contribution is 0.582. The number of fused-ring (bicyclic) bond motifs is 7. The predicted octanol–water partition coefficient (Wildman–Crippen LogP) is 14.5. The molecule has 9 aromatic carbocycles. The van der Waals surface area contributed by atoms with Crippen LogP contribution in [0.25, 0.3) is 77.2 Å². The Hall–Kier alpha value is -7.13. The van der Waals surface area contributed by atoms with E-state index in [4.69, 9.17) is 4.42 Å². The van der Waals surface area contributed by atoms with Crippen LogP contribution in [0.1, 0.15) is 0 Å².